The van der Waals surface area contributed by atoms with Gasteiger partial charge in [-0.15, -0.1) is 0 Å². The van der Waals surface area contributed by atoms with E-state index in [2.05, 4.69) is 17.4 Å². The highest BCUT2D eigenvalue weighted by atomic mass is 16.5. The molecule has 2 heteroatoms. The Labute approximate surface area is 111 Å². The van der Waals surface area contributed by atoms with Gasteiger partial charge >= 0.3 is 0 Å². The molecular formula is C16H25NO. The fourth-order valence-electron chi connectivity index (χ4n) is 2.73. The molecule has 0 bridgehead atoms. The maximum absolute atomic E-state index is 5.16. The Bertz CT molecular complexity index is 325. The summed E-state index contributed by atoms with van der Waals surface area (Å²) in [5.41, 5.74) is 1.34. The summed E-state index contributed by atoms with van der Waals surface area (Å²) in [5, 5.41) is 3.60. The van der Waals surface area contributed by atoms with Crippen LogP contribution in [-0.4, -0.2) is 13.7 Å². The lowest BCUT2D eigenvalue weighted by Gasteiger charge is -2.14. The molecule has 1 aliphatic rings. The number of hydrogen-bond acceptors (Lipinski definition) is 2. The SMILES string of the molecule is COc1ccc(CNCC2CCCCCC2)cc1. The van der Waals surface area contributed by atoms with Gasteiger partial charge in [-0.25, -0.2) is 0 Å². The number of rotatable bonds is 5. The minimum atomic E-state index is 0.894. The molecule has 18 heavy (non-hydrogen) atoms. The van der Waals surface area contributed by atoms with E-state index in [1.807, 2.05) is 12.1 Å². The van der Waals surface area contributed by atoms with E-state index in [1.54, 1.807) is 7.11 Å². The number of methoxy groups -OCH3 is 1. The lowest BCUT2D eigenvalue weighted by Crippen LogP contribution is -2.22. The predicted octanol–water partition coefficient (Wildman–Crippen LogP) is 3.76. The van der Waals surface area contributed by atoms with Gasteiger partial charge in [0.25, 0.3) is 0 Å². The molecular weight excluding hydrogens is 222 g/mol. The lowest BCUT2D eigenvalue weighted by molar-refractivity contribution is 0.414. The van der Waals surface area contributed by atoms with Gasteiger partial charge in [-0.05, 0) is 43.0 Å². The highest BCUT2D eigenvalue weighted by Gasteiger charge is 2.11. The van der Waals surface area contributed by atoms with Crippen LogP contribution in [0.3, 0.4) is 0 Å². The van der Waals surface area contributed by atoms with E-state index in [-0.39, 0.29) is 0 Å². The first-order valence-corrected chi connectivity index (χ1v) is 7.22. The molecule has 100 valence electrons. The van der Waals surface area contributed by atoms with Crippen LogP contribution in [0.2, 0.25) is 0 Å². The third-order valence-electron chi connectivity index (χ3n) is 3.90. The molecule has 1 N–H and O–H groups in total. The lowest BCUT2D eigenvalue weighted by atomic mass is 10.0. The van der Waals surface area contributed by atoms with Crippen molar-refractivity contribution in [2.24, 2.45) is 5.92 Å². The van der Waals surface area contributed by atoms with Crippen LogP contribution >= 0.6 is 0 Å². The molecule has 0 amide bonds. The average Bonchev–Trinajstić information content (AvgIpc) is 2.68. The Morgan fingerprint density at radius 1 is 1.06 bits per heavy atom. The second-order valence-corrected chi connectivity index (χ2v) is 5.34. The van der Waals surface area contributed by atoms with E-state index in [0.29, 0.717) is 0 Å². The fraction of sp³-hybridized carbons (Fsp3) is 0.625. The van der Waals surface area contributed by atoms with Gasteiger partial charge in [0, 0.05) is 6.54 Å². The van der Waals surface area contributed by atoms with Gasteiger partial charge in [0.1, 0.15) is 5.75 Å². The van der Waals surface area contributed by atoms with Gasteiger partial charge < -0.3 is 10.1 Å². The summed E-state index contributed by atoms with van der Waals surface area (Å²) in [6.07, 6.45) is 8.55. The summed E-state index contributed by atoms with van der Waals surface area (Å²) in [7, 11) is 1.71. The fourth-order valence-corrected chi connectivity index (χ4v) is 2.73. The molecule has 1 aromatic rings. The molecule has 0 aromatic heterocycles. The summed E-state index contributed by atoms with van der Waals surface area (Å²) in [5.74, 6) is 1.83. The first kappa shape index (κ1) is 13.4. The third kappa shape index (κ3) is 4.34. The molecule has 1 saturated carbocycles. The topological polar surface area (TPSA) is 21.3 Å². The summed E-state index contributed by atoms with van der Waals surface area (Å²) < 4.78 is 5.16. The van der Waals surface area contributed by atoms with Gasteiger partial charge in [-0.2, -0.15) is 0 Å². The zero-order valence-electron chi connectivity index (χ0n) is 11.5. The summed E-state index contributed by atoms with van der Waals surface area (Å²) in [6.45, 7) is 2.15. The predicted molar refractivity (Wildman–Crippen MR) is 75.9 cm³/mol. The Kier molecular flexibility index (Phi) is 5.53. The van der Waals surface area contributed by atoms with E-state index in [9.17, 15) is 0 Å². The van der Waals surface area contributed by atoms with E-state index < -0.39 is 0 Å². The van der Waals surface area contributed by atoms with Gasteiger partial charge in [0.05, 0.1) is 7.11 Å². The van der Waals surface area contributed by atoms with E-state index in [1.165, 1.54) is 50.6 Å². The van der Waals surface area contributed by atoms with Crippen molar-refractivity contribution in [3.8, 4) is 5.75 Å². The summed E-state index contributed by atoms with van der Waals surface area (Å²) in [4.78, 5) is 0. The molecule has 1 aromatic carbocycles. The molecule has 2 nitrogen and oxygen atoms in total. The largest absolute Gasteiger partial charge is 0.497 e. The minimum Gasteiger partial charge on any atom is -0.497 e. The van der Waals surface area contributed by atoms with Crippen LogP contribution in [0.5, 0.6) is 5.75 Å². The quantitative estimate of drug-likeness (QED) is 0.800. The van der Waals surface area contributed by atoms with Crippen LogP contribution in [0.4, 0.5) is 0 Å². The summed E-state index contributed by atoms with van der Waals surface area (Å²) >= 11 is 0. The number of ether oxygens (including phenoxy) is 1. The molecule has 0 aliphatic heterocycles. The van der Waals surface area contributed by atoms with E-state index >= 15 is 0 Å². The maximum Gasteiger partial charge on any atom is 0.118 e. The van der Waals surface area contributed by atoms with E-state index in [0.717, 1.165) is 18.2 Å². The summed E-state index contributed by atoms with van der Waals surface area (Å²) in [6, 6.07) is 8.34. The third-order valence-corrected chi connectivity index (χ3v) is 3.90. The molecule has 0 saturated heterocycles. The molecule has 0 heterocycles. The van der Waals surface area contributed by atoms with Crippen molar-refractivity contribution in [2.45, 2.75) is 45.1 Å². The monoisotopic (exact) mass is 247 g/mol. The van der Waals surface area contributed by atoms with Crippen molar-refractivity contribution in [1.82, 2.24) is 5.32 Å². The van der Waals surface area contributed by atoms with Crippen LogP contribution in [-0.2, 0) is 6.54 Å². The van der Waals surface area contributed by atoms with E-state index in [4.69, 9.17) is 4.74 Å². The van der Waals surface area contributed by atoms with Crippen molar-refractivity contribution < 1.29 is 4.74 Å². The van der Waals surface area contributed by atoms with Crippen LogP contribution < -0.4 is 10.1 Å². The number of hydrogen-bond donors (Lipinski definition) is 1. The highest BCUT2D eigenvalue weighted by molar-refractivity contribution is 5.26. The minimum absolute atomic E-state index is 0.894. The van der Waals surface area contributed by atoms with Crippen molar-refractivity contribution >= 4 is 0 Å². The maximum atomic E-state index is 5.16. The van der Waals surface area contributed by atoms with Crippen molar-refractivity contribution in [2.75, 3.05) is 13.7 Å². The van der Waals surface area contributed by atoms with Crippen LogP contribution in [0.15, 0.2) is 24.3 Å². The zero-order valence-corrected chi connectivity index (χ0v) is 11.5. The van der Waals surface area contributed by atoms with Crippen molar-refractivity contribution in [1.29, 1.82) is 0 Å². The first-order chi connectivity index (χ1) is 8.88. The smallest absolute Gasteiger partial charge is 0.118 e. The normalized spacial score (nSPS) is 17.4. The van der Waals surface area contributed by atoms with Gasteiger partial charge in [0.15, 0.2) is 0 Å². The van der Waals surface area contributed by atoms with Gasteiger partial charge in [0.2, 0.25) is 0 Å². The Balaban J connectivity index is 1.70. The molecule has 1 fully saturated rings. The zero-order chi connectivity index (χ0) is 12.6. The number of nitrogens with one attached hydrogen (secondary N) is 1. The van der Waals surface area contributed by atoms with Gasteiger partial charge in [-0.3, -0.25) is 0 Å². The first-order valence-electron chi connectivity index (χ1n) is 7.22. The van der Waals surface area contributed by atoms with Crippen LogP contribution in [0.25, 0.3) is 0 Å². The average molecular weight is 247 g/mol. The molecule has 0 atom stereocenters. The Hall–Kier alpha value is -1.02. The van der Waals surface area contributed by atoms with Crippen LogP contribution in [0, 0.1) is 5.92 Å². The van der Waals surface area contributed by atoms with Crippen LogP contribution in [0.1, 0.15) is 44.1 Å². The molecule has 0 unspecified atom stereocenters. The second kappa shape index (κ2) is 7.42. The van der Waals surface area contributed by atoms with Gasteiger partial charge in [-0.1, -0.05) is 37.8 Å². The Morgan fingerprint density at radius 2 is 1.72 bits per heavy atom. The highest BCUT2D eigenvalue weighted by Crippen LogP contribution is 2.22. The second-order valence-electron chi connectivity index (χ2n) is 5.34. The molecule has 1 aliphatic carbocycles. The molecule has 0 radical (unpaired) electrons. The van der Waals surface area contributed by atoms with Crippen molar-refractivity contribution in [3.63, 3.8) is 0 Å². The van der Waals surface area contributed by atoms with Crippen molar-refractivity contribution in [3.05, 3.63) is 29.8 Å². The Morgan fingerprint density at radius 3 is 2.33 bits per heavy atom. The molecule has 0 spiro atoms. The molecule has 2 rings (SSSR count). The number of benzene rings is 1. The standard InChI is InChI=1S/C16H25NO/c1-18-16-10-8-15(9-11-16)13-17-12-14-6-4-2-3-5-7-14/h8-11,14,17H,2-7,12-13H2,1H3.